The van der Waals surface area contributed by atoms with Crippen LogP contribution in [0.4, 0.5) is 57.1 Å². The van der Waals surface area contributed by atoms with Crippen molar-refractivity contribution < 1.29 is 67.0 Å². The van der Waals surface area contributed by atoms with Gasteiger partial charge in [-0.05, 0) is 18.2 Å². The summed E-state index contributed by atoms with van der Waals surface area (Å²) in [6.45, 7) is 0. The van der Waals surface area contributed by atoms with Crippen molar-refractivity contribution in [3.05, 3.63) is 41.5 Å². The monoisotopic (exact) mass is 464 g/mol. The van der Waals surface area contributed by atoms with Crippen LogP contribution in [0.2, 0.25) is 0 Å². The standard InChI is InChI=1S/C15H5F13O2/c16-6-2-1-5(3-7(6)17)8(29)4-9(30)10(15(26,27)28)11(18,19)13(22,23)14(24,25)12(10,20)21/h1-4,29H/b8-4-. The van der Waals surface area contributed by atoms with Gasteiger partial charge in [0.15, 0.2) is 17.4 Å². The highest BCUT2D eigenvalue weighted by atomic mass is 19.4. The van der Waals surface area contributed by atoms with Gasteiger partial charge < -0.3 is 5.11 Å². The first kappa shape index (κ1) is 23.8. The highest BCUT2D eigenvalue weighted by Crippen LogP contribution is 2.75. The summed E-state index contributed by atoms with van der Waals surface area (Å²) < 4.78 is 174. The number of ketones is 1. The van der Waals surface area contributed by atoms with E-state index in [9.17, 15) is 67.0 Å². The number of allylic oxidation sites excluding steroid dienone is 1. The number of rotatable bonds is 3. The van der Waals surface area contributed by atoms with E-state index in [2.05, 4.69) is 0 Å². The van der Waals surface area contributed by atoms with Crippen molar-refractivity contribution in [2.75, 3.05) is 0 Å². The maximum absolute atomic E-state index is 13.9. The lowest BCUT2D eigenvalue weighted by molar-refractivity contribution is -0.341. The number of benzene rings is 1. The first-order chi connectivity index (χ1) is 13.2. The molecule has 0 aliphatic heterocycles. The van der Waals surface area contributed by atoms with Gasteiger partial charge in [-0.2, -0.15) is 48.3 Å². The third kappa shape index (κ3) is 2.49. The Labute approximate surface area is 156 Å². The molecule has 0 saturated heterocycles. The molecule has 2 nitrogen and oxygen atoms in total. The second kappa shape index (κ2) is 6.26. The zero-order valence-corrected chi connectivity index (χ0v) is 13.6. The number of alkyl halides is 11. The minimum atomic E-state index is -7.40. The van der Waals surface area contributed by atoms with Crippen LogP contribution in [0.25, 0.3) is 5.76 Å². The molecule has 0 atom stereocenters. The normalized spacial score (nSPS) is 24.0. The Balaban J connectivity index is 2.83. The average molecular weight is 464 g/mol. The maximum Gasteiger partial charge on any atom is 0.414 e. The molecule has 0 aromatic heterocycles. The molecule has 0 radical (unpaired) electrons. The minimum absolute atomic E-state index is 0.0388. The van der Waals surface area contributed by atoms with Gasteiger partial charge in [0.2, 0.25) is 0 Å². The van der Waals surface area contributed by atoms with Gasteiger partial charge in [-0.15, -0.1) is 0 Å². The Morgan fingerprint density at radius 1 is 0.800 bits per heavy atom. The number of aliphatic hydroxyl groups is 1. The molecule has 1 aromatic rings. The summed E-state index contributed by atoms with van der Waals surface area (Å²) in [5.74, 6) is -38.7. The van der Waals surface area contributed by atoms with E-state index in [1.165, 1.54) is 0 Å². The fourth-order valence-corrected chi connectivity index (χ4v) is 2.84. The van der Waals surface area contributed by atoms with Crippen LogP contribution < -0.4 is 0 Å². The van der Waals surface area contributed by atoms with Crippen LogP contribution in [0.1, 0.15) is 5.56 Å². The van der Waals surface area contributed by atoms with Gasteiger partial charge in [0.25, 0.3) is 5.41 Å². The van der Waals surface area contributed by atoms with Crippen molar-refractivity contribution in [3.63, 3.8) is 0 Å². The van der Waals surface area contributed by atoms with E-state index >= 15 is 0 Å². The van der Waals surface area contributed by atoms with E-state index in [4.69, 9.17) is 0 Å². The van der Waals surface area contributed by atoms with E-state index < -0.39 is 70.1 Å². The SMILES string of the molecule is O=C(/C=C(\O)c1ccc(F)c(F)c1)C1(C(F)(F)F)C(F)(F)C(F)(F)C(F)(F)C1(F)F. The van der Waals surface area contributed by atoms with Crippen LogP contribution in [0.3, 0.4) is 0 Å². The van der Waals surface area contributed by atoms with Crippen LogP contribution in [0.15, 0.2) is 24.3 Å². The van der Waals surface area contributed by atoms with E-state index in [0.29, 0.717) is 6.07 Å². The summed E-state index contributed by atoms with van der Waals surface area (Å²) in [7, 11) is 0. The topological polar surface area (TPSA) is 37.3 Å². The fraction of sp³-hybridized carbons (Fsp3) is 0.400. The van der Waals surface area contributed by atoms with Crippen LogP contribution in [0.5, 0.6) is 0 Å². The highest BCUT2D eigenvalue weighted by molar-refractivity contribution is 6.02. The maximum atomic E-state index is 13.9. The predicted octanol–water partition coefficient (Wildman–Crippen LogP) is 5.54. The van der Waals surface area contributed by atoms with Gasteiger partial charge >= 0.3 is 29.9 Å². The molecular weight excluding hydrogens is 459 g/mol. The van der Waals surface area contributed by atoms with Crippen molar-refractivity contribution >= 4 is 11.5 Å². The number of carbonyl (C=O) groups is 1. The Hall–Kier alpha value is -2.48. The predicted molar refractivity (Wildman–Crippen MR) is 70.2 cm³/mol. The van der Waals surface area contributed by atoms with Crippen molar-refractivity contribution in [1.82, 2.24) is 0 Å². The van der Waals surface area contributed by atoms with Gasteiger partial charge in [-0.25, -0.2) is 8.78 Å². The third-order valence-electron chi connectivity index (χ3n) is 4.40. The second-order valence-electron chi connectivity index (χ2n) is 6.07. The lowest BCUT2D eigenvalue weighted by Gasteiger charge is -2.37. The largest absolute Gasteiger partial charge is 0.507 e. The van der Waals surface area contributed by atoms with E-state index in [-0.39, 0.29) is 12.1 Å². The lowest BCUT2D eigenvalue weighted by atomic mass is 9.74. The second-order valence-corrected chi connectivity index (χ2v) is 6.07. The van der Waals surface area contributed by atoms with Crippen LogP contribution in [-0.2, 0) is 4.79 Å². The van der Waals surface area contributed by atoms with E-state index in [1.54, 1.807) is 0 Å². The zero-order chi connectivity index (χ0) is 23.7. The molecule has 1 saturated carbocycles. The summed E-state index contributed by atoms with van der Waals surface area (Å²) in [5, 5.41) is 9.47. The van der Waals surface area contributed by atoms with Gasteiger partial charge in [-0.3, -0.25) is 4.79 Å². The molecule has 1 aliphatic carbocycles. The Bertz CT molecular complexity index is 888. The van der Waals surface area contributed by atoms with Crippen molar-refractivity contribution in [2.45, 2.75) is 29.9 Å². The number of aliphatic hydroxyl groups excluding tert-OH is 1. The fourth-order valence-electron chi connectivity index (χ4n) is 2.84. The smallest absolute Gasteiger partial charge is 0.414 e. The number of carbonyl (C=O) groups excluding carboxylic acids is 1. The van der Waals surface area contributed by atoms with Crippen LogP contribution in [-0.4, -0.2) is 40.8 Å². The zero-order valence-electron chi connectivity index (χ0n) is 13.6. The van der Waals surface area contributed by atoms with Gasteiger partial charge in [0.1, 0.15) is 5.76 Å². The molecule has 0 bridgehead atoms. The Morgan fingerprint density at radius 2 is 1.23 bits per heavy atom. The molecule has 15 heteroatoms. The first-order valence-electron chi connectivity index (χ1n) is 7.20. The molecule has 1 N–H and O–H groups in total. The lowest BCUT2D eigenvalue weighted by Crippen LogP contribution is -2.64. The molecule has 0 spiro atoms. The molecule has 30 heavy (non-hydrogen) atoms. The molecule has 168 valence electrons. The summed E-state index contributed by atoms with van der Waals surface area (Å²) in [6.07, 6.45) is -8.52. The van der Waals surface area contributed by atoms with Crippen molar-refractivity contribution in [2.24, 2.45) is 5.41 Å². The van der Waals surface area contributed by atoms with Crippen molar-refractivity contribution in [1.29, 1.82) is 0 Å². The molecule has 0 unspecified atom stereocenters. The molecule has 0 amide bonds. The third-order valence-corrected chi connectivity index (χ3v) is 4.40. The number of hydrogen-bond donors (Lipinski definition) is 1. The quantitative estimate of drug-likeness (QED) is 0.363. The summed E-state index contributed by atoms with van der Waals surface area (Å²) in [4.78, 5) is 11.8. The number of halogens is 13. The average Bonchev–Trinajstić information content (AvgIpc) is 2.61. The molecule has 1 fully saturated rings. The van der Waals surface area contributed by atoms with Crippen LogP contribution in [0, 0.1) is 17.0 Å². The highest BCUT2D eigenvalue weighted by Gasteiger charge is 3.06. The van der Waals surface area contributed by atoms with Gasteiger partial charge in [0.05, 0.1) is 0 Å². The first-order valence-corrected chi connectivity index (χ1v) is 7.20. The summed E-state index contributed by atoms with van der Waals surface area (Å²) in [5.41, 5.74) is -8.16. The summed E-state index contributed by atoms with van der Waals surface area (Å²) in [6, 6.07) is 0.481. The molecule has 0 heterocycles. The van der Waals surface area contributed by atoms with Gasteiger partial charge in [-0.1, -0.05) is 0 Å². The van der Waals surface area contributed by atoms with E-state index in [1.807, 2.05) is 0 Å². The molecule has 1 aromatic carbocycles. The molecular formula is C15H5F13O2. The van der Waals surface area contributed by atoms with Crippen molar-refractivity contribution in [3.8, 4) is 0 Å². The van der Waals surface area contributed by atoms with E-state index in [0.717, 1.165) is 0 Å². The Kier molecular flexibility index (Phi) is 4.97. The molecule has 2 rings (SSSR count). The molecule has 1 aliphatic rings. The summed E-state index contributed by atoms with van der Waals surface area (Å²) >= 11 is 0. The van der Waals surface area contributed by atoms with Crippen LogP contribution >= 0.6 is 0 Å². The van der Waals surface area contributed by atoms with Gasteiger partial charge in [0, 0.05) is 11.6 Å². The minimum Gasteiger partial charge on any atom is -0.507 e. The number of hydrogen-bond acceptors (Lipinski definition) is 2. The Morgan fingerprint density at radius 3 is 1.60 bits per heavy atom.